The van der Waals surface area contributed by atoms with E-state index in [-0.39, 0.29) is 5.91 Å². The third-order valence-corrected chi connectivity index (χ3v) is 5.49. The van der Waals surface area contributed by atoms with Crippen LogP contribution in [0.25, 0.3) is 0 Å². The van der Waals surface area contributed by atoms with Gasteiger partial charge in [0.15, 0.2) is 0 Å². The molecule has 24 heavy (non-hydrogen) atoms. The maximum atomic E-state index is 12.3. The number of ether oxygens (including phenoxy) is 1. The van der Waals surface area contributed by atoms with Crippen molar-refractivity contribution >= 4 is 29.0 Å². The third kappa shape index (κ3) is 4.52. The third-order valence-electron chi connectivity index (χ3n) is 4.04. The summed E-state index contributed by atoms with van der Waals surface area (Å²) < 4.78 is 5.40. The summed E-state index contributed by atoms with van der Waals surface area (Å²) in [6.45, 7) is 1.73. The first-order valence-corrected chi connectivity index (χ1v) is 9.21. The fourth-order valence-corrected chi connectivity index (χ4v) is 3.83. The molecule has 5 heteroatoms. The predicted octanol–water partition coefficient (Wildman–Crippen LogP) is 3.93. The smallest absolute Gasteiger partial charge is 0.257 e. The first-order chi connectivity index (χ1) is 11.7. The Hall–Kier alpha value is -1.98. The van der Waals surface area contributed by atoms with Gasteiger partial charge in [0.2, 0.25) is 0 Å². The second-order valence-electron chi connectivity index (χ2n) is 5.86. The van der Waals surface area contributed by atoms with Gasteiger partial charge in [-0.3, -0.25) is 4.79 Å². The highest BCUT2D eigenvalue weighted by Gasteiger charge is 2.14. The van der Waals surface area contributed by atoms with Crippen molar-refractivity contribution in [3.8, 4) is 0 Å². The van der Waals surface area contributed by atoms with Crippen molar-refractivity contribution in [1.82, 2.24) is 0 Å². The molecule has 1 fully saturated rings. The maximum Gasteiger partial charge on any atom is 0.257 e. The van der Waals surface area contributed by atoms with Crippen LogP contribution in [-0.2, 0) is 10.5 Å². The van der Waals surface area contributed by atoms with Crippen molar-refractivity contribution in [3.63, 3.8) is 0 Å². The highest BCUT2D eigenvalue weighted by Crippen LogP contribution is 2.26. The van der Waals surface area contributed by atoms with E-state index in [0.717, 1.165) is 37.5 Å². The van der Waals surface area contributed by atoms with E-state index in [1.54, 1.807) is 12.1 Å². The molecule has 1 amide bonds. The van der Waals surface area contributed by atoms with Crippen LogP contribution in [-0.4, -0.2) is 24.4 Å². The lowest BCUT2D eigenvalue weighted by molar-refractivity contribution is 0.1000. The lowest BCUT2D eigenvalue weighted by Gasteiger charge is -2.21. The van der Waals surface area contributed by atoms with Crippen LogP contribution in [0, 0.1) is 0 Å². The summed E-state index contributed by atoms with van der Waals surface area (Å²) in [5, 5.41) is 3.60. The molecular weight excluding hydrogens is 320 g/mol. The van der Waals surface area contributed by atoms with E-state index >= 15 is 0 Å². The molecule has 1 aliphatic rings. The van der Waals surface area contributed by atoms with Crippen LogP contribution in [0.1, 0.15) is 28.8 Å². The molecule has 0 bridgehead atoms. The van der Waals surface area contributed by atoms with Gasteiger partial charge >= 0.3 is 0 Å². The number of hydrogen-bond acceptors (Lipinski definition) is 4. The molecule has 0 radical (unpaired) electrons. The van der Waals surface area contributed by atoms with Crippen molar-refractivity contribution in [2.75, 3.05) is 24.3 Å². The van der Waals surface area contributed by atoms with E-state index in [4.69, 9.17) is 10.5 Å². The van der Waals surface area contributed by atoms with Crippen molar-refractivity contribution in [1.29, 1.82) is 0 Å². The highest BCUT2D eigenvalue weighted by molar-refractivity contribution is 7.99. The van der Waals surface area contributed by atoms with Gasteiger partial charge in [0.1, 0.15) is 0 Å². The first kappa shape index (κ1) is 16.9. The summed E-state index contributed by atoms with van der Waals surface area (Å²) in [4.78, 5) is 12.3. The van der Waals surface area contributed by atoms with E-state index < -0.39 is 0 Å². The SMILES string of the molecule is Nc1ccccc1C(=O)Nc1cccc(CSC2CCOCC2)c1. The average Bonchev–Trinajstić information content (AvgIpc) is 2.61. The number of hydrogen-bond donors (Lipinski definition) is 2. The minimum absolute atomic E-state index is 0.178. The Morgan fingerprint density at radius 2 is 1.96 bits per heavy atom. The zero-order chi connectivity index (χ0) is 16.8. The summed E-state index contributed by atoms with van der Waals surface area (Å²) in [5.41, 5.74) is 8.86. The second-order valence-corrected chi connectivity index (χ2v) is 7.15. The summed E-state index contributed by atoms with van der Waals surface area (Å²) in [7, 11) is 0. The van der Waals surface area contributed by atoms with Crippen LogP contribution in [0.15, 0.2) is 48.5 Å². The molecule has 0 saturated carbocycles. The molecular formula is C19H22N2O2S. The van der Waals surface area contributed by atoms with Gasteiger partial charge in [-0.25, -0.2) is 0 Å². The largest absolute Gasteiger partial charge is 0.398 e. The Kier molecular flexibility index (Phi) is 5.77. The molecule has 2 aromatic rings. The van der Waals surface area contributed by atoms with Crippen molar-refractivity contribution < 1.29 is 9.53 Å². The number of thioether (sulfide) groups is 1. The molecule has 0 unspecified atom stereocenters. The zero-order valence-electron chi connectivity index (χ0n) is 13.5. The van der Waals surface area contributed by atoms with Crippen LogP contribution in [0.2, 0.25) is 0 Å². The number of carbonyl (C=O) groups excluding carboxylic acids is 1. The Morgan fingerprint density at radius 3 is 2.75 bits per heavy atom. The Morgan fingerprint density at radius 1 is 1.17 bits per heavy atom. The van der Waals surface area contributed by atoms with Gasteiger partial charge in [0.25, 0.3) is 5.91 Å². The summed E-state index contributed by atoms with van der Waals surface area (Å²) in [5.74, 6) is 0.768. The maximum absolute atomic E-state index is 12.3. The average molecular weight is 342 g/mol. The number of benzene rings is 2. The molecule has 0 aliphatic carbocycles. The van der Waals surface area contributed by atoms with E-state index in [2.05, 4.69) is 11.4 Å². The molecule has 4 nitrogen and oxygen atoms in total. The fourth-order valence-electron chi connectivity index (χ4n) is 2.70. The van der Waals surface area contributed by atoms with Crippen LogP contribution >= 0.6 is 11.8 Å². The molecule has 2 aromatic carbocycles. The van der Waals surface area contributed by atoms with E-state index in [9.17, 15) is 4.79 Å². The van der Waals surface area contributed by atoms with Crippen molar-refractivity contribution in [3.05, 3.63) is 59.7 Å². The number of amides is 1. The quantitative estimate of drug-likeness (QED) is 0.808. The number of anilines is 2. The number of rotatable bonds is 5. The highest BCUT2D eigenvalue weighted by atomic mass is 32.2. The van der Waals surface area contributed by atoms with Crippen LogP contribution in [0.4, 0.5) is 11.4 Å². The summed E-state index contributed by atoms with van der Waals surface area (Å²) in [6, 6.07) is 15.1. The summed E-state index contributed by atoms with van der Waals surface area (Å²) >= 11 is 1.96. The molecule has 1 aliphatic heterocycles. The minimum Gasteiger partial charge on any atom is -0.398 e. The van der Waals surface area contributed by atoms with Gasteiger partial charge in [-0.1, -0.05) is 24.3 Å². The van der Waals surface area contributed by atoms with Crippen LogP contribution < -0.4 is 11.1 Å². The normalized spacial score (nSPS) is 15.2. The number of nitrogen functional groups attached to an aromatic ring is 1. The first-order valence-electron chi connectivity index (χ1n) is 8.16. The Labute approximate surface area is 146 Å². The monoisotopic (exact) mass is 342 g/mol. The van der Waals surface area contributed by atoms with Crippen molar-refractivity contribution in [2.24, 2.45) is 0 Å². The van der Waals surface area contributed by atoms with E-state index in [1.165, 1.54) is 5.56 Å². The molecule has 3 rings (SSSR count). The zero-order valence-corrected chi connectivity index (χ0v) is 14.4. The number of nitrogens with one attached hydrogen (secondary N) is 1. The van der Waals surface area contributed by atoms with Gasteiger partial charge in [-0.05, 0) is 42.7 Å². The summed E-state index contributed by atoms with van der Waals surface area (Å²) in [6.07, 6.45) is 2.24. The van der Waals surface area contributed by atoms with E-state index in [0.29, 0.717) is 16.5 Å². The van der Waals surface area contributed by atoms with Gasteiger partial charge in [0, 0.05) is 35.6 Å². The van der Waals surface area contributed by atoms with E-state index in [1.807, 2.05) is 42.1 Å². The molecule has 1 saturated heterocycles. The molecule has 0 aromatic heterocycles. The molecule has 1 heterocycles. The fraction of sp³-hybridized carbons (Fsp3) is 0.316. The lowest BCUT2D eigenvalue weighted by Crippen LogP contribution is -2.17. The Bertz CT molecular complexity index is 699. The van der Waals surface area contributed by atoms with Crippen LogP contribution in [0.5, 0.6) is 0 Å². The lowest BCUT2D eigenvalue weighted by atomic mass is 10.1. The minimum atomic E-state index is -0.178. The Balaban J connectivity index is 1.60. The number of carbonyl (C=O) groups is 1. The standard InChI is InChI=1S/C19H22N2O2S/c20-18-7-2-1-6-17(18)19(22)21-15-5-3-4-14(12-15)13-24-16-8-10-23-11-9-16/h1-7,12,16H,8-11,13,20H2,(H,21,22). The molecule has 0 atom stereocenters. The number of nitrogens with two attached hydrogens (primary N) is 1. The molecule has 3 N–H and O–H groups in total. The second kappa shape index (κ2) is 8.22. The predicted molar refractivity (Wildman–Crippen MR) is 100 cm³/mol. The van der Waals surface area contributed by atoms with Gasteiger partial charge in [-0.15, -0.1) is 0 Å². The van der Waals surface area contributed by atoms with Crippen LogP contribution in [0.3, 0.4) is 0 Å². The number of para-hydroxylation sites is 1. The molecule has 126 valence electrons. The molecule has 0 spiro atoms. The van der Waals surface area contributed by atoms with Gasteiger partial charge in [0.05, 0.1) is 5.56 Å². The topological polar surface area (TPSA) is 64.4 Å². The van der Waals surface area contributed by atoms with Gasteiger partial charge < -0.3 is 15.8 Å². The van der Waals surface area contributed by atoms with Gasteiger partial charge in [-0.2, -0.15) is 11.8 Å². The van der Waals surface area contributed by atoms with Crippen molar-refractivity contribution in [2.45, 2.75) is 23.8 Å².